The molecule has 1 aliphatic rings. The monoisotopic (exact) mass is 348 g/mol. The molecule has 1 N–H and O–H groups in total. The summed E-state index contributed by atoms with van der Waals surface area (Å²) in [4.78, 5) is 4.77. The number of halogens is 1. The molecule has 1 heterocycles. The molecule has 2 aromatic rings. The molecule has 3 rings (SSSR count). The van der Waals surface area contributed by atoms with Crippen molar-refractivity contribution in [1.29, 1.82) is 0 Å². The Labute approximate surface area is 132 Å². The number of benzene rings is 2. The molecule has 4 heteroatoms. The summed E-state index contributed by atoms with van der Waals surface area (Å²) in [6.07, 6.45) is 0. The minimum Gasteiger partial charge on any atom is -0.334 e. The van der Waals surface area contributed by atoms with Crippen LogP contribution in [0, 0.1) is 5.92 Å². The normalized spacial score (nSPS) is 18.6. The van der Waals surface area contributed by atoms with E-state index in [1.165, 1.54) is 10.8 Å². The van der Waals surface area contributed by atoms with E-state index in [-0.39, 0.29) is 0 Å². The lowest BCUT2D eigenvalue weighted by molar-refractivity contribution is 0.543. The van der Waals surface area contributed by atoms with Gasteiger partial charge in [0.05, 0.1) is 6.04 Å². The largest absolute Gasteiger partial charge is 0.334 e. The van der Waals surface area contributed by atoms with Gasteiger partial charge in [0.1, 0.15) is 0 Å². The van der Waals surface area contributed by atoms with Crippen LogP contribution in [0.2, 0.25) is 0 Å². The number of thioether (sulfide) groups is 1. The van der Waals surface area contributed by atoms with Crippen LogP contribution in [0.3, 0.4) is 0 Å². The topological polar surface area (TPSA) is 24.4 Å². The molecule has 2 nitrogen and oxygen atoms in total. The minimum atomic E-state index is 0.434. The summed E-state index contributed by atoms with van der Waals surface area (Å²) in [6.45, 7) is 4.46. The zero-order chi connectivity index (χ0) is 14.1. The van der Waals surface area contributed by atoms with Crippen LogP contribution in [-0.2, 0) is 0 Å². The maximum Gasteiger partial charge on any atom is 0.161 e. The Kier molecular flexibility index (Phi) is 4.03. The quantitative estimate of drug-likeness (QED) is 0.812. The summed E-state index contributed by atoms with van der Waals surface area (Å²) < 4.78 is 1.12. The van der Waals surface area contributed by atoms with Crippen molar-refractivity contribution in [3.8, 4) is 0 Å². The predicted octanol–water partition coefficient (Wildman–Crippen LogP) is 5.14. The van der Waals surface area contributed by atoms with Gasteiger partial charge in [-0.05, 0) is 23.4 Å². The minimum absolute atomic E-state index is 0.434. The van der Waals surface area contributed by atoms with Gasteiger partial charge in [-0.25, -0.2) is 0 Å². The van der Waals surface area contributed by atoms with Crippen molar-refractivity contribution in [2.24, 2.45) is 10.9 Å². The number of nitrogens with one attached hydrogen (secondary N) is 1. The molecule has 104 valence electrons. The van der Waals surface area contributed by atoms with E-state index in [0.29, 0.717) is 12.0 Å². The summed E-state index contributed by atoms with van der Waals surface area (Å²) in [5, 5.41) is 6.97. The molecule has 0 bridgehead atoms. The summed E-state index contributed by atoms with van der Waals surface area (Å²) in [5.74, 6) is 1.68. The highest BCUT2D eigenvalue weighted by Gasteiger charge is 2.21. The third kappa shape index (κ3) is 2.72. The number of rotatable bonds is 2. The number of hydrogen-bond donors (Lipinski definition) is 1. The number of anilines is 1. The molecule has 1 atom stereocenters. The first-order valence-electron chi connectivity index (χ1n) is 6.80. The number of aliphatic imine (C=N–C) groups is 1. The fourth-order valence-corrected chi connectivity index (χ4v) is 3.94. The Morgan fingerprint density at radius 1 is 1.20 bits per heavy atom. The summed E-state index contributed by atoms with van der Waals surface area (Å²) in [6, 6.07) is 13.0. The lowest BCUT2D eigenvalue weighted by Crippen LogP contribution is -2.12. The van der Waals surface area contributed by atoms with E-state index in [9.17, 15) is 0 Å². The van der Waals surface area contributed by atoms with E-state index in [4.69, 9.17) is 4.99 Å². The maximum atomic E-state index is 4.77. The van der Waals surface area contributed by atoms with Gasteiger partial charge in [0, 0.05) is 21.3 Å². The lowest BCUT2D eigenvalue weighted by Gasteiger charge is -2.10. The smallest absolute Gasteiger partial charge is 0.161 e. The van der Waals surface area contributed by atoms with Gasteiger partial charge in [0.25, 0.3) is 0 Å². The molecule has 0 amide bonds. The first-order chi connectivity index (χ1) is 9.65. The summed E-state index contributed by atoms with van der Waals surface area (Å²) in [5.41, 5.74) is 1.12. The Bertz CT molecular complexity index is 667. The lowest BCUT2D eigenvalue weighted by atomic mass is 10.1. The van der Waals surface area contributed by atoms with Crippen molar-refractivity contribution in [1.82, 2.24) is 0 Å². The first kappa shape index (κ1) is 14.0. The highest BCUT2D eigenvalue weighted by atomic mass is 79.9. The van der Waals surface area contributed by atoms with Crippen LogP contribution in [0.15, 0.2) is 45.9 Å². The van der Waals surface area contributed by atoms with Gasteiger partial charge in [-0.2, -0.15) is 0 Å². The molecule has 0 aromatic heterocycles. The molecule has 0 saturated carbocycles. The van der Waals surface area contributed by atoms with Crippen LogP contribution >= 0.6 is 27.7 Å². The zero-order valence-corrected chi connectivity index (χ0v) is 14.0. The van der Waals surface area contributed by atoms with E-state index in [0.717, 1.165) is 21.1 Å². The van der Waals surface area contributed by atoms with Gasteiger partial charge in [-0.15, -0.1) is 0 Å². The van der Waals surface area contributed by atoms with E-state index in [1.807, 2.05) is 11.8 Å². The second kappa shape index (κ2) is 5.78. The van der Waals surface area contributed by atoms with Crippen LogP contribution < -0.4 is 5.32 Å². The number of hydrogen-bond acceptors (Lipinski definition) is 3. The Morgan fingerprint density at radius 2 is 1.95 bits per heavy atom. The van der Waals surface area contributed by atoms with Crippen molar-refractivity contribution in [2.45, 2.75) is 19.9 Å². The van der Waals surface area contributed by atoms with Gasteiger partial charge in [0.15, 0.2) is 5.17 Å². The van der Waals surface area contributed by atoms with E-state index >= 15 is 0 Å². The zero-order valence-electron chi connectivity index (χ0n) is 11.6. The fourth-order valence-electron chi connectivity index (χ4n) is 2.29. The van der Waals surface area contributed by atoms with Crippen LogP contribution in [0.5, 0.6) is 0 Å². The van der Waals surface area contributed by atoms with Gasteiger partial charge in [-0.3, -0.25) is 4.99 Å². The van der Waals surface area contributed by atoms with Gasteiger partial charge < -0.3 is 5.32 Å². The Balaban J connectivity index is 1.93. The first-order valence-corrected chi connectivity index (χ1v) is 8.58. The molecule has 2 aromatic carbocycles. The molecule has 1 aliphatic heterocycles. The summed E-state index contributed by atoms with van der Waals surface area (Å²) >= 11 is 5.42. The number of amidine groups is 1. The Hall–Kier alpha value is -1.00. The van der Waals surface area contributed by atoms with Crippen molar-refractivity contribution >= 4 is 49.3 Å². The average Bonchev–Trinajstić information content (AvgIpc) is 2.91. The van der Waals surface area contributed by atoms with Gasteiger partial charge in [-0.1, -0.05) is 65.8 Å². The van der Waals surface area contributed by atoms with Crippen molar-refractivity contribution in [2.75, 3.05) is 11.1 Å². The molecule has 0 saturated heterocycles. The highest BCUT2D eigenvalue weighted by molar-refractivity contribution is 9.10. The van der Waals surface area contributed by atoms with E-state index < -0.39 is 0 Å². The van der Waals surface area contributed by atoms with Gasteiger partial charge in [0.2, 0.25) is 0 Å². The average molecular weight is 349 g/mol. The van der Waals surface area contributed by atoms with Crippen LogP contribution in [0.4, 0.5) is 5.69 Å². The molecule has 0 unspecified atom stereocenters. The fraction of sp³-hybridized carbons (Fsp3) is 0.312. The Morgan fingerprint density at radius 3 is 2.65 bits per heavy atom. The van der Waals surface area contributed by atoms with E-state index in [1.54, 1.807) is 0 Å². The third-order valence-corrected chi connectivity index (χ3v) is 5.24. The predicted molar refractivity (Wildman–Crippen MR) is 93.8 cm³/mol. The summed E-state index contributed by atoms with van der Waals surface area (Å²) in [7, 11) is 0. The van der Waals surface area contributed by atoms with Crippen molar-refractivity contribution in [3.63, 3.8) is 0 Å². The SMILES string of the molecule is CC(C)[C@H]1CSC(Nc2ccc(Br)c3ccccc23)=N1. The second-order valence-corrected chi connectivity index (χ2v) is 7.19. The van der Waals surface area contributed by atoms with E-state index in [2.05, 4.69) is 71.5 Å². The molecule has 0 fully saturated rings. The second-order valence-electron chi connectivity index (χ2n) is 5.32. The molecular formula is C16H17BrN2S. The molecular weight excluding hydrogens is 332 g/mol. The maximum absolute atomic E-state index is 4.77. The van der Waals surface area contributed by atoms with Crippen molar-refractivity contribution in [3.05, 3.63) is 40.9 Å². The number of fused-ring (bicyclic) bond motifs is 1. The molecule has 0 radical (unpaired) electrons. The molecule has 0 aliphatic carbocycles. The van der Waals surface area contributed by atoms with Crippen LogP contribution in [-0.4, -0.2) is 17.0 Å². The van der Waals surface area contributed by atoms with Crippen LogP contribution in [0.25, 0.3) is 10.8 Å². The third-order valence-electron chi connectivity index (χ3n) is 3.56. The van der Waals surface area contributed by atoms with Gasteiger partial charge >= 0.3 is 0 Å². The highest BCUT2D eigenvalue weighted by Crippen LogP contribution is 2.32. The van der Waals surface area contributed by atoms with Crippen LogP contribution in [0.1, 0.15) is 13.8 Å². The molecule has 20 heavy (non-hydrogen) atoms. The number of nitrogens with zero attached hydrogens (tertiary/aromatic N) is 1. The standard InChI is InChI=1S/C16H17BrN2S/c1-10(2)15-9-20-16(19-15)18-14-8-7-13(17)11-5-3-4-6-12(11)14/h3-8,10,15H,9H2,1-2H3,(H,18,19)/t15-/m1/s1. The van der Waals surface area contributed by atoms with Crippen molar-refractivity contribution < 1.29 is 0 Å². The molecule has 0 spiro atoms.